The molecule has 49 heavy (non-hydrogen) atoms. The molecule has 2 fully saturated rings. The molecule has 2 saturated heterocycles. The molecule has 0 unspecified atom stereocenters. The zero-order valence-electron chi connectivity index (χ0n) is 27.5. The van der Waals surface area contributed by atoms with Crippen LogP contribution in [0.25, 0.3) is 22.4 Å². The molecule has 256 valence electrons. The van der Waals surface area contributed by atoms with Gasteiger partial charge in [-0.15, -0.1) is 0 Å². The number of anilines is 1. The van der Waals surface area contributed by atoms with Crippen LogP contribution in [0.3, 0.4) is 0 Å². The highest BCUT2D eigenvalue weighted by Gasteiger charge is 2.34. The standard InChI is InChI=1S/C36H40N6O6S/c1-24(38-36(45)48-2)35(44)42-17-3-4-32(42)33-37-22-31(40-33)28-11-7-26(8-12-28)27-9-13-29(14-10-27)34(43)39-30-15-5-25(6-16-30)23-41-18-20-49(46,47)21-19-41/h5-16,22,24,32H,3-4,17-21,23H2,1-2H3,(H,37,40)(H,38,45)(H,39,43)/t24-,32+/m0/s1. The van der Waals surface area contributed by atoms with Crippen molar-refractivity contribution in [1.82, 2.24) is 25.1 Å². The number of ether oxygens (including phenoxy) is 1. The fourth-order valence-electron chi connectivity index (χ4n) is 6.23. The maximum atomic E-state index is 13.0. The van der Waals surface area contributed by atoms with Gasteiger partial charge in [-0.2, -0.15) is 0 Å². The molecule has 0 saturated carbocycles. The molecule has 12 nitrogen and oxygen atoms in total. The number of sulfone groups is 1. The van der Waals surface area contributed by atoms with Crippen molar-refractivity contribution in [2.75, 3.05) is 43.6 Å². The first-order chi connectivity index (χ1) is 23.6. The molecule has 0 bridgehead atoms. The van der Waals surface area contributed by atoms with Crippen LogP contribution in [0.5, 0.6) is 0 Å². The topological polar surface area (TPSA) is 154 Å². The Morgan fingerprint density at radius 1 is 0.918 bits per heavy atom. The first kappa shape index (κ1) is 33.9. The summed E-state index contributed by atoms with van der Waals surface area (Å²) in [4.78, 5) is 49.4. The van der Waals surface area contributed by atoms with E-state index in [1.54, 1.807) is 30.2 Å². The van der Waals surface area contributed by atoms with Crippen molar-refractivity contribution in [2.45, 2.75) is 38.4 Å². The number of methoxy groups -OCH3 is 1. The van der Waals surface area contributed by atoms with Gasteiger partial charge in [-0.1, -0.05) is 48.5 Å². The molecule has 3 heterocycles. The predicted molar refractivity (Wildman–Crippen MR) is 186 cm³/mol. The fourth-order valence-corrected chi connectivity index (χ4v) is 7.51. The van der Waals surface area contributed by atoms with Gasteiger partial charge in [-0.05, 0) is 66.3 Å². The Morgan fingerprint density at radius 3 is 2.20 bits per heavy atom. The number of nitrogens with zero attached hydrogens (tertiary/aromatic N) is 3. The normalized spacial score (nSPS) is 18.1. The van der Waals surface area contributed by atoms with Crippen molar-refractivity contribution in [3.8, 4) is 22.4 Å². The Hall–Kier alpha value is -5.01. The molecule has 1 aromatic heterocycles. The number of hydrogen-bond donors (Lipinski definition) is 3. The van der Waals surface area contributed by atoms with Crippen LogP contribution in [-0.4, -0.2) is 90.4 Å². The summed E-state index contributed by atoms with van der Waals surface area (Å²) in [6, 6.07) is 22.2. The third-order valence-corrected chi connectivity index (χ3v) is 10.7. The van der Waals surface area contributed by atoms with Gasteiger partial charge >= 0.3 is 6.09 Å². The van der Waals surface area contributed by atoms with Gasteiger partial charge < -0.3 is 25.3 Å². The Morgan fingerprint density at radius 2 is 1.55 bits per heavy atom. The molecule has 3 aromatic carbocycles. The summed E-state index contributed by atoms with van der Waals surface area (Å²) < 4.78 is 28.0. The number of likely N-dealkylation sites (tertiary alicyclic amines) is 1. The lowest BCUT2D eigenvalue weighted by molar-refractivity contribution is -0.134. The molecule has 4 aromatic rings. The molecule has 2 atom stereocenters. The van der Waals surface area contributed by atoms with Crippen LogP contribution in [0, 0.1) is 0 Å². The average molecular weight is 685 g/mol. The minimum atomic E-state index is -2.91. The number of H-pyrrole nitrogens is 1. The van der Waals surface area contributed by atoms with Crippen LogP contribution >= 0.6 is 0 Å². The number of amides is 3. The van der Waals surface area contributed by atoms with Crippen LogP contribution < -0.4 is 10.6 Å². The third kappa shape index (κ3) is 8.18. The Balaban J connectivity index is 1.04. The maximum absolute atomic E-state index is 13.0. The number of aromatic amines is 1. The summed E-state index contributed by atoms with van der Waals surface area (Å²) in [5.74, 6) is 0.714. The minimum absolute atomic E-state index is 0.181. The van der Waals surface area contributed by atoms with Crippen molar-refractivity contribution in [3.63, 3.8) is 0 Å². The second-order valence-corrected chi connectivity index (χ2v) is 14.8. The van der Waals surface area contributed by atoms with Crippen LogP contribution in [0.1, 0.15) is 47.6 Å². The predicted octanol–water partition coefficient (Wildman–Crippen LogP) is 4.63. The van der Waals surface area contributed by atoms with E-state index >= 15 is 0 Å². The van der Waals surface area contributed by atoms with Crippen molar-refractivity contribution in [2.24, 2.45) is 0 Å². The second-order valence-electron chi connectivity index (χ2n) is 12.5. The summed E-state index contributed by atoms with van der Waals surface area (Å²) in [5.41, 5.74) is 6.05. The van der Waals surface area contributed by atoms with Crippen LogP contribution in [0.15, 0.2) is 79.0 Å². The third-order valence-electron chi connectivity index (χ3n) is 9.07. The van der Waals surface area contributed by atoms with Gasteiger partial charge in [0.05, 0.1) is 36.5 Å². The van der Waals surface area contributed by atoms with E-state index in [2.05, 4.69) is 30.2 Å². The average Bonchev–Trinajstić information content (AvgIpc) is 3.80. The molecule has 13 heteroatoms. The minimum Gasteiger partial charge on any atom is -0.453 e. The van der Waals surface area contributed by atoms with Gasteiger partial charge in [0.25, 0.3) is 5.91 Å². The van der Waals surface area contributed by atoms with Gasteiger partial charge in [-0.25, -0.2) is 18.2 Å². The van der Waals surface area contributed by atoms with Gasteiger partial charge in [0.1, 0.15) is 11.9 Å². The van der Waals surface area contributed by atoms with E-state index in [-0.39, 0.29) is 29.4 Å². The van der Waals surface area contributed by atoms with Crippen LogP contribution in [-0.2, 0) is 25.9 Å². The van der Waals surface area contributed by atoms with E-state index in [0.717, 1.165) is 40.8 Å². The molecule has 6 rings (SSSR count). The summed E-state index contributed by atoms with van der Waals surface area (Å²) in [6.45, 7) is 3.98. The maximum Gasteiger partial charge on any atom is 0.407 e. The highest BCUT2D eigenvalue weighted by Crippen LogP contribution is 2.32. The highest BCUT2D eigenvalue weighted by molar-refractivity contribution is 7.91. The molecule has 2 aliphatic rings. The highest BCUT2D eigenvalue weighted by atomic mass is 32.2. The van der Waals surface area contributed by atoms with E-state index in [4.69, 9.17) is 0 Å². The molecule has 3 amide bonds. The smallest absolute Gasteiger partial charge is 0.407 e. The number of imidazole rings is 1. The number of alkyl carbamates (subject to hydrolysis) is 1. The van der Waals surface area contributed by atoms with E-state index in [9.17, 15) is 22.8 Å². The summed E-state index contributed by atoms with van der Waals surface area (Å²) >= 11 is 0. The number of carbonyl (C=O) groups excluding carboxylic acids is 3. The molecule has 0 aliphatic carbocycles. The van der Waals surface area contributed by atoms with Crippen LogP contribution in [0.4, 0.5) is 10.5 Å². The number of nitrogens with one attached hydrogen (secondary N) is 3. The van der Waals surface area contributed by atoms with Crippen molar-refractivity contribution in [1.29, 1.82) is 0 Å². The van der Waals surface area contributed by atoms with E-state index in [0.29, 0.717) is 43.3 Å². The number of benzene rings is 3. The summed E-state index contributed by atoms with van der Waals surface area (Å²) in [7, 11) is -1.64. The summed E-state index contributed by atoms with van der Waals surface area (Å²) in [6.07, 6.45) is 2.75. The number of carbonyl (C=O) groups is 3. The first-order valence-corrected chi connectivity index (χ1v) is 18.1. The lowest BCUT2D eigenvalue weighted by Gasteiger charge is -2.26. The quantitative estimate of drug-likeness (QED) is 0.231. The largest absolute Gasteiger partial charge is 0.453 e. The molecule has 2 aliphatic heterocycles. The van der Waals surface area contributed by atoms with Crippen molar-refractivity contribution >= 4 is 33.4 Å². The Bertz CT molecular complexity index is 1890. The molecule has 0 radical (unpaired) electrons. The zero-order chi connectivity index (χ0) is 34.5. The summed E-state index contributed by atoms with van der Waals surface area (Å²) in [5, 5.41) is 5.49. The van der Waals surface area contributed by atoms with Crippen molar-refractivity contribution < 1.29 is 27.5 Å². The van der Waals surface area contributed by atoms with Gasteiger partial charge in [0, 0.05) is 37.4 Å². The number of hydrogen-bond acceptors (Lipinski definition) is 8. The molecule has 3 N–H and O–H groups in total. The molecular weight excluding hydrogens is 644 g/mol. The van der Waals surface area contributed by atoms with Crippen molar-refractivity contribution in [3.05, 3.63) is 95.9 Å². The SMILES string of the molecule is COC(=O)N[C@@H](C)C(=O)N1CCC[C@@H]1c1ncc(-c2ccc(-c3ccc(C(=O)Nc4ccc(CN5CCS(=O)(=O)CC5)cc4)cc3)cc2)[nH]1. The Kier molecular flexibility index (Phi) is 10.1. The first-order valence-electron chi connectivity index (χ1n) is 16.3. The van der Waals surface area contributed by atoms with Crippen LogP contribution in [0.2, 0.25) is 0 Å². The van der Waals surface area contributed by atoms with Gasteiger partial charge in [-0.3, -0.25) is 14.5 Å². The zero-order valence-corrected chi connectivity index (χ0v) is 28.3. The molecule has 0 spiro atoms. The van der Waals surface area contributed by atoms with E-state index in [1.807, 2.05) is 60.7 Å². The number of rotatable bonds is 9. The van der Waals surface area contributed by atoms with Gasteiger partial charge in [0.2, 0.25) is 5.91 Å². The molecular formula is C36H40N6O6S. The fraction of sp³-hybridized carbons (Fsp3) is 0.333. The van der Waals surface area contributed by atoms with E-state index < -0.39 is 22.0 Å². The monoisotopic (exact) mass is 684 g/mol. The Labute approximate surface area is 285 Å². The van der Waals surface area contributed by atoms with E-state index in [1.165, 1.54) is 7.11 Å². The second kappa shape index (κ2) is 14.6. The van der Waals surface area contributed by atoms with Gasteiger partial charge in [0.15, 0.2) is 9.84 Å². The lowest BCUT2D eigenvalue weighted by atomic mass is 10.0. The number of aromatic nitrogens is 2. The lowest BCUT2D eigenvalue weighted by Crippen LogP contribution is -2.46.